The zero-order valence-electron chi connectivity index (χ0n) is 8.98. The van der Waals surface area contributed by atoms with Gasteiger partial charge in [-0.25, -0.2) is 0 Å². The van der Waals surface area contributed by atoms with E-state index in [0.717, 1.165) is 11.3 Å². The Bertz CT molecular complexity index is 615. The lowest BCUT2D eigenvalue weighted by atomic mass is 10.3. The third kappa shape index (κ3) is 2.36. The maximum absolute atomic E-state index is 11.8. The van der Waals surface area contributed by atoms with Crippen LogP contribution in [0.1, 0.15) is 15.4 Å². The van der Waals surface area contributed by atoms with Crippen molar-refractivity contribution < 1.29 is 9.90 Å². The fourth-order valence-electron chi connectivity index (χ4n) is 1.38. The van der Waals surface area contributed by atoms with Crippen LogP contribution in [-0.4, -0.2) is 16.0 Å². The van der Waals surface area contributed by atoms with Crippen molar-refractivity contribution in [3.63, 3.8) is 0 Å². The first-order valence-electron chi connectivity index (χ1n) is 4.87. The summed E-state index contributed by atoms with van der Waals surface area (Å²) < 4.78 is 0. The van der Waals surface area contributed by atoms with Gasteiger partial charge in [-0.1, -0.05) is 23.5 Å². The summed E-state index contributed by atoms with van der Waals surface area (Å²) in [5.41, 5.74) is 0.839. The number of H-pyrrole nitrogens is 1. The number of nitrogens with one attached hydrogen (secondary N) is 2. The van der Waals surface area contributed by atoms with Crippen LogP contribution in [0.5, 0.6) is 5.75 Å². The first kappa shape index (κ1) is 11.4. The smallest absolute Gasteiger partial charge is 0.305 e. The SMILES string of the molecule is Cc1[nH]c(=O)sc1C(=O)Nc1ccccc1O. The third-order valence-corrected chi connectivity index (χ3v) is 3.17. The molecule has 0 atom stereocenters. The highest BCUT2D eigenvalue weighted by Crippen LogP contribution is 2.22. The second-order valence-corrected chi connectivity index (χ2v) is 4.42. The van der Waals surface area contributed by atoms with Crippen LogP contribution in [0.25, 0.3) is 0 Å². The van der Waals surface area contributed by atoms with Crippen molar-refractivity contribution in [3.8, 4) is 5.75 Å². The second kappa shape index (κ2) is 4.42. The minimum absolute atomic E-state index is 0.0126. The largest absolute Gasteiger partial charge is 0.506 e. The Kier molecular flexibility index (Phi) is 2.97. The molecule has 0 radical (unpaired) electrons. The monoisotopic (exact) mass is 250 g/mol. The van der Waals surface area contributed by atoms with Gasteiger partial charge in [-0.05, 0) is 19.1 Å². The third-order valence-electron chi connectivity index (χ3n) is 2.18. The number of aromatic amines is 1. The van der Waals surface area contributed by atoms with Crippen molar-refractivity contribution in [3.05, 3.63) is 44.5 Å². The number of amides is 1. The normalized spacial score (nSPS) is 10.2. The van der Waals surface area contributed by atoms with Gasteiger partial charge in [-0.3, -0.25) is 9.59 Å². The highest BCUT2D eigenvalue weighted by atomic mass is 32.1. The lowest BCUT2D eigenvalue weighted by Gasteiger charge is -2.05. The summed E-state index contributed by atoms with van der Waals surface area (Å²) in [6, 6.07) is 6.41. The number of aromatic nitrogens is 1. The molecule has 1 amide bonds. The van der Waals surface area contributed by atoms with E-state index in [0.29, 0.717) is 16.3 Å². The first-order valence-corrected chi connectivity index (χ1v) is 5.68. The number of carbonyl (C=O) groups excluding carboxylic acids is 1. The molecule has 0 unspecified atom stereocenters. The minimum Gasteiger partial charge on any atom is -0.506 e. The van der Waals surface area contributed by atoms with Gasteiger partial charge >= 0.3 is 4.87 Å². The summed E-state index contributed by atoms with van der Waals surface area (Å²) in [7, 11) is 0. The van der Waals surface area contributed by atoms with E-state index in [1.807, 2.05) is 0 Å². The van der Waals surface area contributed by atoms with Crippen LogP contribution in [0.4, 0.5) is 5.69 Å². The van der Waals surface area contributed by atoms with Gasteiger partial charge in [-0.2, -0.15) is 0 Å². The Morgan fingerprint density at radius 2 is 2.12 bits per heavy atom. The average Bonchev–Trinajstić information content (AvgIpc) is 2.61. The van der Waals surface area contributed by atoms with Crippen molar-refractivity contribution in [1.29, 1.82) is 0 Å². The Hall–Kier alpha value is -2.08. The van der Waals surface area contributed by atoms with E-state index in [1.165, 1.54) is 6.07 Å². The van der Waals surface area contributed by atoms with Gasteiger partial charge < -0.3 is 15.4 Å². The molecule has 0 aliphatic rings. The average molecular weight is 250 g/mol. The van der Waals surface area contributed by atoms with Crippen LogP contribution in [0.15, 0.2) is 29.1 Å². The van der Waals surface area contributed by atoms with E-state index in [1.54, 1.807) is 25.1 Å². The number of anilines is 1. The molecule has 88 valence electrons. The molecule has 0 aliphatic carbocycles. The number of rotatable bonds is 2. The number of hydrogen-bond donors (Lipinski definition) is 3. The predicted molar refractivity (Wildman–Crippen MR) is 65.7 cm³/mol. The molecule has 2 rings (SSSR count). The molecule has 0 saturated carbocycles. The molecule has 0 fully saturated rings. The summed E-state index contributed by atoms with van der Waals surface area (Å²) in [6.07, 6.45) is 0. The topological polar surface area (TPSA) is 82.2 Å². The lowest BCUT2D eigenvalue weighted by molar-refractivity contribution is 0.102. The fraction of sp³-hybridized carbons (Fsp3) is 0.0909. The van der Waals surface area contributed by atoms with Crippen LogP contribution in [-0.2, 0) is 0 Å². The standard InChI is InChI=1S/C11H10N2O3S/c1-6-9(17-11(16)12-6)10(15)13-7-4-2-3-5-8(7)14/h2-5,14H,1H3,(H,12,16)(H,13,15). The van der Waals surface area contributed by atoms with Gasteiger partial charge in [0.2, 0.25) is 0 Å². The minimum atomic E-state index is -0.410. The summed E-state index contributed by atoms with van der Waals surface area (Å²) in [6.45, 7) is 1.65. The Morgan fingerprint density at radius 1 is 1.41 bits per heavy atom. The molecule has 2 aromatic rings. The first-order chi connectivity index (χ1) is 8.08. The van der Waals surface area contributed by atoms with E-state index in [9.17, 15) is 14.7 Å². The lowest BCUT2D eigenvalue weighted by Crippen LogP contribution is -2.11. The van der Waals surface area contributed by atoms with Gasteiger partial charge in [0.1, 0.15) is 10.6 Å². The maximum Gasteiger partial charge on any atom is 0.305 e. The number of aromatic hydroxyl groups is 1. The van der Waals surface area contributed by atoms with Gasteiger partial charge in [0.05, 0.1) is 5.69 Å². The molecule has 0 aliphatic heterocycles. The summed E-state index contributed by atoms with van der Waals surface area (Å²) in [5, 5.41) is 12.0. The summed E-state index contributed by atoms with van der Waals surface area (Å²) in [4.78, 5) is 25.5. The summed E-state index contributed by atoms with van der Waals surface area (Å²) in [5.74, 6) is -0.422. The quantitative estimate of drug-likeness (QED) is 0.709. The molecule has 5 nitrogen and oxygen atoms in total. The fourth-order valence-corrected chi connectivity index (χ4v) is 2.12. The van der Waals surface area contributed by atoms with Crippen molar-refractivity contribution in [2.24, 2.45) is 0 Å². The predicted octanol–water partition coefficient (Wildman–Crippen LogP) is 1.70. The van der Waals surface area contributed by atoms with Crippen LogP contribution < -0.4 is 10.2 Å². The number of hydrogen-bond acceptors (Lipinski definition) is 4. The highest BCUT2D eigenvalue weighted by Gasteiger charge is 2.14. The van der Waals surface area contributed by atoms with Crippen molar-refractivity contribution in [1.82, 2.24) is 4.98 Å². The number of aryl methyl sites for hydroxylation is 1. The molecule has 6 heteroatoms. The molecular formula is C11H10N2O3S. The van der Waals surface area contributed by atoms with Gasteiger partial charge in [0.15, 0.2) is 0 Å². The van der Waals surface area contributed by atoms with Crippen molar-refractivity contribution in [2.45, 2.75) is 6.92 Å². The maximum atomic E-state index is 11.8. The molecule has 17 heavy (non-hydrogen) atoms. The van der Waals surface area contributed by atoms with Crippen LogP contribution >= 0.6 is 11.3 Å². The van der Waals surface area contributed by atoms with E-state index in [-0.39, 0.29) is 10.6 Å². The van der Waals surface area contributed by atoms with Crippen LogP contribution in [0.3, 0.4) is 0 Å². The number of benzene rings is 1. The number of thiazole rings is 1. The number of phenolic OH excluding ortho intramolecular Hbond substituents is 1. The molecule has 3 N–H and O–H groups in total. The second-order valence-electron chi connectivity index (χ2n) is 3.44. The van der Waals surface area contributed by atoms with Crippen molar-refractivity contribution in [2.75, 3.05) is 5.32 Å². The number of carbonyl (C=O) groups is 1. The molecule has 0 saturated heterocycles. The number of phenols is 1. The van der Waals surface area contributed by atoms with Crippen LogP contribution in [0.2, 0.25) is 0 Å². The summed E-state index contributed by atoms with van der Waals surface area (Å²) >= 11 is 0.843. The van der Waals surface area contributed by atoms with E-state index < -0.39 is 5.91 Å². The van der Waals surface area contributed by atoms with Gasteiger partial charge in [0, 0.05) is 5.69 Å². The molecule has 0 bridgehead atoms. The Labute approximate surface area is 101 Å². The zero-order valence-corrected chi connectivity index (χ0v) is 9.80. The van der Waals surface area contributed by atoms with Crippen molar-refractivity contribution >= 4 is 22.9 Å². The van der Waals surface area contributed by atoms with Gasteiger partial charge in [-0.15, -0.1) is 0 Å². The number of para-hydroxylation sites is 2. The van der Waals surface area contributed by atoms with E-state index >= 15 is 0 Å². The van der Waals surface area contributed by atoms with E-state index in [4.69, 9.17) is 0 Å². The molecule has 1 heterocycles. The highest BCUT2D eigenvalue weighted by molar-refractivity contribution is 7.11. The molecule has 0 spiro atoms. The van der Waals surface area contributed by atoms with Gasteiger partial charge in [0.25, 0.3) is 5.91 Å². The Balaban J connectivity index is 2.26. The van der Waals surface area contributed by atoms with E-state index in [2.05, 4.69) is 10.3 Å². The Morgan fingerprint density at radius 3 is 2.71 bits per heavy atom. The molecule has 1 aromatic carbocycles. The van der Waals surface area contributed by atoms with Crippen LogP contribution in [0, 0.1) is 6.92 Å². The molecule has 1 aromatic heterocycles. The zero-order chi connectivity index (χ0) is 12.4. The molecular weight excluding hydrogens is 240 g/mol.